The van der Waals surface area contributed by atoms with E-state index in [9.17, 15) is 4.79 Å². The number of anilines is 1. The van der Waals surface area contributed by atoms with E-state index in [1.807, 2.05) is 0 Å². The highest BCUT2D eigenvalue weighted by Gasteiger charge is 2.15. The Kier molecular flexibility index (Phi) is 2.77. The van der Waals surface area contributed by atoms with E-state index in [0.29, 0.717) is 19.0 Å². The van der Waals surface area contributed by atoms with Crippen LogP contribution in [-0.2, 0) is 22.6 Å². The van der Waals surface area contributed by atoms with Gasteiger partial charge in [0.2, 0.25) is 0 Å². The molecule has 0 saturated carbocycles. The molecule has 0 bridgehead atoms. The second kappa shape index (κ2) is 4.22. The monoisotopic (exact) mass is 209 g/mol. The van der Waals surface area contributed by atoms with Crippen molar-refractivity contribution in [1.29, 1.82) is 0 Å². The van der Waals surface area contributed by atoms with Gasteiger partial charge >= 0.3 is 5.97 Å². The van der Waals surface area contributed by atoms with Crippen LogP contribution in [0.2, 0.25) is 0 Å². The fourth-order valence-electron chi connectivity index (χ4n) is 1.47. The number of hydrogen-bond donors (Lipinski definition) is 2. The summed E-state index contributed by atoms with van der Waals surface area (Å²) in [5.74, 6) is -0.360. The van der Waals surface area contributed by atoms with Gasteiger partial charge in [0.15, 0.2) is 0 Å². The molecule has 0 aromatic carbocycles. The predicted octanol–water partition coefficient (Wildman–Crippen LogP) is 0.0458. The van der Waals surface area contributed by atoms with Crippen LogP contribution in [0.1, 0.15) is 11.3 Å². The number of nitrogens with one attached hydrogen (secondary N) is 1. The van der Waals surface area contributed by atoms with Gasteiger partial charge < -0.3 is 15.2 Å². The third-order valence-corrected chi connectivity index (χ3v) is 2.17. The summed E-state index contributed by atoms with van der Waals surface area (Å²) in [6.07, 6.45) is 2.19. The number of aliphatic carboxylic acids is 1. The molecule has 1 aromatic rings. The van der Waals surface area contributed by atoms with Crippen LogP contribution in [0.25, 0.3) is 0 Å². The van der Waals surface area contributed by atoms with E-state index in [0.717, 1.165) is 17.7 Å². The number of hydrogen-bond acceptors (Lipinski definition) is 5. The first-order valence-corrected chi connectivity index (χ1v) is 4.63. The number of carboxylic acids is 1. The first-order valence-electron chi connectivity index (χ1n) is 4.63. The first kappa shape index (κ1) is 9.85. The minimum absolute atomic E-state index is 0.149. The molecule has 0 aliphatic carbocycles. The van der Waals surface area contributed by atoms with Gasteiger partial charge in [-0.1, -0.05) is 0 Å². The van der Waals surface area contributed by atoms with Crippen molar-refractivity contribution in [3.05, 3.63) is 17.6 Å². The molecule has 1 aliphatic rings. The summed E-state index contributed by atoms with van der Waals surface area (Å²) in [6, 6.07) is 0. The number of fused-ring (bicyclic) bond motifs is 1. The van der Waals surface area contributed by atoms with Gasteiger partial charge in [0.05, 0.1) is 18.9 Å². The van der Waals surface area contributed by atoms with E-state index in [2.05, 4.69) is 15.3 Å². The molecular formula is C9H11N3O3. The van der Waals surface area contributed by atoms with Gasteiger partial charge in [-0.25, -0.2) is 9.97 Å². The van der Waals surface area contributed by atoms with Gasteiger partial charge in [-0.2, -0.15) is 0 Å². The summed E-state index contributed by atoms with van der Waals surface area (Å²) in [7, 11) is 0. The lowest BCUT2D eigenvalue weighted by atomic mass is 10.1. The van der Waals surface area contributed by atoms with Gasteiger partial charge in [0.25, 0.3) is 0 Å². The third kappa shape index (κ3) is 2.21. The van der Waals surface area contributed by atoms with E-state index >= 15 is 0 Å². The summed E-state index contributed by atoms with van der Waals surface area (Å²) >= 11 is 0. The number of carboxylic acid groups (broad SMARTS) is 1. The topological polar surface area (TPSA) is 84.3 Å². The van der Waals surface area contributed by atoms with Crippen LogP contribution in [0.5, 0.6) is 0 Å². The maximum atomic E-state index is 10.4. The largest absolute Gasteiger partial charge is 0.480 e. The Labute approximate surface area is 86.3 Å². The van der Waals surface area contributed by atoms with E-state index in [1.165, 1.54) is 6.33 Å². The van der Waals surface area contributed by atoms with Gasteiger partial charge in [-0.15, -0.1) is 0 Å². The molecule has 2 heterocycles. The second-order valence-corrected chi connectivity index (χ2v) is 3.20. The molecule has 6 nitrogen and oxygen atoms in total. The number of rotatable bonds is 3. The third-order valence-electron chi connectivity index (χ3n) is 2.17. The van der Waals surface area contributed by atoms with Crippen LogP contribution >= 0.6 is 0 Å². The summed E-state index contributed by atoms with van der Waals surface area (Å²) < 4.78 is 5.28. The SMILES string of the molecule is O=C(O)CNc1ncnc2c1COCC2. The normalized spacial score (nSPS) is 14.4. The lowest BCUT2D eigenvalue weighted by Gasteiger charge is -2.17. The second-order valence-electron chi connectivity index (χ2n) is 3.20. The molecule has 0 atom stereocenters. The minimum Gasteiger partial charge on any atom is -0.480 e. The Morgan fingerprint density at radius 2 is 2.47 bits per heavy atom. The molecule has 0 amide bonds. The van der Waals surface area contributed by atoms with E-state index in [1.54, 1.807) is 0 Å². The number of nitrogens with zero attached hydrogens (tertiary/aromatic N) is 2. The fraction of sp³-hybridized carbons (Fsp3) is 0.444. The van der Waals surface area contributed by atoms with Crippen LogP contribution in [0, 0.1) is 0 Å². The van der Waals surface area contributed by atoms with Gasteiger partial charge in [0, 0.05) is 12.0 Å². The molecule has 1 aliphatic heterocycles. The number of carbonyl (C=O) groups is 1. The van der Waals surface area contributed by atoms with Crippen molar-refractivity contribution in [2.75, 3.05) is 18.5 Å². The maximum absolute atomic E-state index is 10.4. The van der Waals surface area contributed by atoms with Gasteiger partial charge in [-0.3, -0.25) is 4.79 Å². The molecule has 0 unspecified atom stereocenters. The van der Waals surface area contributed by atoms with E-state index in [4.69, 9.17) is 9.84 Å². The Morgan fingerprint density at radius 3 is 3.27 bits per heavy atom. The zero-order valence-electron chi connectivity index (χ0n) is 8.06. The van der Waals surface area contributed by atoms with Crippen molar-refractivity contribution in [3.8, 4) is 0 Å². The smallest absolute Gasteiger partial charge is 0.322 e. The minimum atomic E-state index is -0.918. The van der Waals surface area contributed by atoms with Crippen LogP contribution < -0.4 is 5.32 Å². The summed E-state index contributed by atoms with van der Waals surface area (Å²) in [5, 5.41) is 11.3. The Bertz CT molecular complexity index is 381. The average molecular weight is 209 g/mol. The van der Waals surface area contributed by atoms with Crippen molar-refractivity contribution < 1.29 is 14.6 Å². The van der Waals surface area contributed by atoms with Crippen molar-refractivity contribution in [1.82, 2.24) is 9.97 Å². The molecular weight excluding hydrogens is 198 g/mol. The van der Waals surface area contributed by atoms with E-state index in [-0.39, 0.29) is 6.54 Å². The van der Waals surface area contributed by atoms with Crippen LogP contribution in [0.15, 0.2) is 6.33 Å². The highest BCUT2D eigenvalue weighted by Crippen LogP contribution is 2.20. The lowest BCUT2D eigenvalue weighted by molar-refractivity contribution is -0.134. The Morgan fingerprint density at radius 1 is 1.60 bits per heavy atom. The Balaban J connectivity index is 2.19. The van der Waals surface area contributed by atoms with Crippen LogP contribution in [0.4, 0.5) is 5.82 Å². The van der Waals surface area contributed by atoms with Crippen molar-refractivity contribution >= 4 is 11.8 Å². The van der Waals surface area contributed by atoms with Crippen LogP contribution in [0.3, 0.4) is 0 Å². The van der Waals surface area contributed by atoms with Gasteiger partial charge in [-0.05, 0) is 0 Å². The Hall–Kier alpha value is -1.69. The molecule has 80 valence electrons. The first-order chi connectivity index (χ1) is 7.27. The molecule has 6 heteroatoms. The number of aromatic nitrogens is 2. The highest BCUT2D eigenvalue weighted by molar-refractivity contribution is 5.72. The highest BCUT2D eigenvalue weighted by atomic mass is 16.5. The lowest BCUT2D eigenvalue weighted by Crippen LogP contribution is -2.19. The zero-order chi connectivity index (χ0) is 10.7. The molecule has 2 N–H and O–H groups in total. The maximum Gasteiger partial charge on any atom is 0.322 e. The number of ether oxygens (including phenoxy) is 1. The zero-order valence-corrected chi connectivity index (χ0v) is 8.06. The predicted molar refractivity (Wildman–Crippen MR) is 51.5 cm³/mol. The summed E-state index contributed by atoms with van der Waals surface area (Å²) in [5.41, 5.74) is 1.80. The van der Waals surface area contributed by atoms with Crippen molar-refractivity contribution in [2.45, 2.75) is 13.0 Å². The summed E-state index contributed by atoms with van der Waals surface area (Å²) in [4.78, 5) is 18.5. The quantitative estimate of drug-likeness (QED) is 0.731. The molecule has 0 fully saturated rings. The molecule has 0 saturated heterocycles. The van der Waals surface area contributed by atoms with Crippen molar-refractivity contribution in [2.24, 2.45) is 0 Å². The molecule has 15 heavy (non-hydrogen) atoms. The molecule has 2 rings (SSSR count). The standard InChI is InChI=1S/C9H11N3O3/c13-8(14)3-10-9-6-4-15-2-1-7(6)11-5-12-9/h5H,1-4H2,(H,13,14)(H,10,11,12). The molecule has 0 spiro atoms. The fourth-order valence-corrected chi connectivity index (χ4v) is 1.47. The molecule has 0 radical (unpaired) electrons. The average Bonchev–Trinajstić information content (AvgIpc) is 2.26. The van der Waals surface area contributed by atoms with E-state index < -0.39 is 5.97 Å². The summed E-state index contributed by atoms with van der Waals surface area (Å²) in [6.45, 7) is 0.948. The van der Waals surface area contributed by atoms with Gasteiger partial charge in [0.1, 0.15) is 18.7 Å². The van der Waals surface area contributed by atoms with Crippen molar-refractivity contribution in [3.63, 3.8) is 0 Å². The van der Waals surface area contributed by atoms with Crippen LogP contribution in [-0.4, -0.2) is 34.2 Å². The molecule has 1 aromatic heterocycles.